The molecule has 0 aliphatic carbocycles. The lowest BCUT2D eigenvalue weighted by Crippen LogP contribution is -2.38. The lowest BCUT2D eigenvalue weighted by atomic mass is 10.2. The van der Waals surface area contributed by atoms with Gasteiger partial charge in [-0.2, -0.15) is 0 Å². The highest BCUT2D eigenvalue weighted by Crippen LogP contribution is 2.08. The summed E-state index contributed by atoms with van der Waals surface area (Å²) < 4.78 is 10.2. The highest BCUT2D eigenvalue weighted by Gasteiger charge is 2.21. The van der Waals surface area contributed by atoms with Crippen LogP contribution in [0.15, 0.2) is 10.6 Å². The molecule has 0 bridgehead atoms. The lowest BCUT2D eigenvalue weighted by molar-refractivity contribution is -0.157. The maximum Gasteiger partial charge on any atom is 0.323 e. The standard InChI is InChI=1S/C12H20N2O3/c1-8-6-10(14-17-8)7-13-9(2)11(15)16-12(3,4)5/h6,9,13H,7H2,1-5H3. The minimum atomic E-state index is -0.461. The first-order valence-corrected chi connectivity index (χ1v) is 5.66. The van der Waals surface area contributed by atoms with Gasteiger partial charge in [-0.3, -0.25) is 10.1 Å². The van der Waals surface area contributed by atoms with Crippen LogP contribution < -0.4 is 5.32 Å². The number of nitrogens with one attached hydrogen (secondary N) is 1. The second-order valence-electron chi connectivity index (χ2n) is 5.06. The molecule has 1 atom stereocenters. The summed E-state index contributed by atoms with van der Waals surface area (Å²) >= 11 is 0. The maximum atomic E-state index is 11.7. The van der Waals surface area contributed by atoms with Crippen LogP contribution in [0.1, 0.15) is 39.1 Å². The van der Waals surface area contributed by atoms with Gasteiger partial charge in [-0.25, -0.2) is 0 Å². The molecule has 0 fully saturated rings. The quantitative estimate of drug-likeness (QED) is 0.813. The van der Waals surface area contributed by atoms with E-state index in [4.69, 9.17) is 9.26 Å². The van der Waals surface area contributed by atoms with E-state index in [2.05, 4.69) is 10.5 Å². The number of carbonyl (C=O) groups is 1. The minimum Gasteiger partial charge on any atom is -0.459 e. The second kappa shape index (κ2) is 5.31. The first-order chi connectivity index (χ1) is 7.78. The largest absolute Gasteiger partial charge is 0.459 e. The van der Waals surface area contributed by atoms with E-state index in [9.17, 15) is 4.79 Å². The van der Waals surface area contributed by atoms with Crippen LogP contribution in [-0.2, 0) is 16.1 Å². The van der Waals surface area contributed by atoms with Crippen LogP contribution >= 0.6 is 0 Å². The van der Waals surface area contributed by atoms with Gasteiger partial charge in [0.2, 0.25) is 0 Å². The van der Waals surface area contributed by atoms with E-state index in [1.807, 2.05) is 33.8 Å². The van der Waals surface area contributed by atoms with Crippen molar-refractivity contribution < 1.29 is 14.1 Å². The van der Waals surface area contributed by atoms with Crippen molar-refractivity contribution in [1.82, 2.24) is 10.5 Å². The molecule has 1 N–H and O–H groups in total. The fraction of sp³-hybridized carbons (Fsp3) is 0.667. The molecule has 1 rings (SSSR count). The molecular formula is C12H20N2O3. The number of esters is 1. The monoisotopic (exact) mass is 240 g/mol. The predicted molar refractivity (Wildman–Crippen MR) is 63.4 cm³/mol. The lowest BCUT2D eigenvalue weighted by Gasteiger charge is -2.22. The molecule has 0 amide bonds. The van der Waals surface area contributed by atoms with Crippen LogP contribution in [0.2, 0.25) is 0 Å². The zero-order valence-electron chi connectivity index (χ0n) is 11.0. The Kier molecular flexibility index (Phi) is 4.28. The summed E-state index contributed by atoms with van der Waals surface area (Å²) in [5.41, 5.74) is 0.315. The highest BCUT2D eigenvalue weighted by atomic mass is 16.6. The van der Waals surface area contributed by atoms with Crippen LogP contribution in [0.5, 0.6) is 0 Å². The van der Waals surface area contributed by atoms with E-state index in [1.165, 1.54) is 0 Å². The van der Waals surface area contributed by atoms with Gasteiger partial charge in [0.25, 0.3) is 0 Å². The van der Waals surface area contributed by atoms with Crippen molar-refractivity contribution in [1.29, 1.82) is 0 Å². The van der Waals surface area contributed by atoms with E-state index in [1.54, 1.807) is 6.92 Å². The molecule has 0 saturated carbocycles. The molecule has 5 nitrogen and oxygen atoms in total. The molecule has 0 radical (unpaired) electrons. The normalized spacial score (nSPS) is 13.5. The summed E-state index contributed by atoms with van der Waals surface area (Å²) in [5.74, 6) is 0.490. The van der Waals surface area contributed by atoms with Crippen molar-refractivity contribution in [2.45, 2.75) is 52.8 Å². The zero-order valence-corrected chi connectivity index (χ0v) is 11.0. The van der Waals surface area contributed by atoms with Crippen LogP contribution in [-0.4, -0.2) is 22.8 Å². The van der Waals surface area contributed by atoms with Gasteiger partial charge in [-0.15, -0.1) is 0 Å². The number of carbonyl (C=O) groups excluding carboxylic acids is 1. The third-order valence-electron chi connectivity index (χ3n) is 2.03. The Balaban J connectivity index is 2.39. The number of aryl methyl sites for hydroxylation is 1. The van der Waals surface area contributed by atoms with Gasteiger partial charge in [0, 0.05) is 12.6 Å². The van der Waals surface area contributed by atoms with Gasteiger partial charge < -0.3 is 9.26 Å². The van der Waals surface area contributed by atoms with Gasteiger partial charge in [0.05, 0.1) is 5.69 Å². The van der Waals surface area contributed by atoms with Crippen LogP contribution in [0.25, 0.3) is 0 Å². The maximum absolute atomic E-state index is 11.7. The molecule has 17 heavy (non-hydrogen) atoms. The van der Waals surface area contributed by atoms with E-state index in [0.29, 0.717) is 6.54 Å². The molecule has 1 aromatic heterocycles. The zero-order chi connectivity index (χ0) is 13.1. The Morgan fingerprint density at radius 3 is 2.71 bits per heavy atom. The molecule has 1 heterocycles. The summed E-state index contributed by atoms with van der Waals surface area (Å²) in [7, 11) is 0. The van der Waals surface area contributed by atoms with Crippen molar-refractivity contribution in [3.05, 3.63) is 17.5 Å². The van der Waals surface area contributed by atoms with Crippen LogP contribution in [0, 0.1) is 6.92 Å². The van der Waals surface area contributed by atoms with Crippen molar-refractivity contribution in [3.63, 3.8) is 0 Å². The van der Waals surface area contributed by atoms with Crippen LogP contribution in [0.3, 0.4) is 0 Å². The van der Waals surface area contributed by atoms with Crippen molar-refractivity contribution in [2.75, 3.05) is 0 Å². The third kappa shape index (κ3) is 4.99. The minimum absolute atomic E-state index is 0.266. The van der Waals surface area contributed by atoms with Crippen molar-refractivity contribution in [2.24, 2.45) is 0 Å². The van der Waals surface area contributed by atoms with Gasteiger partial charge in [-0.1, -0.05) is 5.16 Å². The van der Waals surface area contributed by atoms with Gasteiger partial charge in [0.15, 0.2) is 0 Å². The Hall–Kier alpha value is -1.36. The number of hydrogen-bond acceptors (Lipinski definition) is 5. The van der Waals surface area contributed by atoms with Crippen molar-refractivity contribution in [3.8, 4) is 0 Å². The first-order valence-electron chi connectivity index (χ1n) is 5.66. The van der Waals surface area contributed by atoms with Crippen molar-refractivity contribution >= 4 is 5.97 Å². The average molecular weight is 240 g/mol. The molecule has 0 aromatic carbocycles. The molecule has 0 saturated heterocycles. The number of rotatable bonds is 4. The average Bonchev–Trinajstić information content (AvgIpc) is 2.58. The number of hydrogen-bond donors (Lipinski definition) is 1. The summed E-state index contributed by atoms with van der Waals surface area (Å²) in [5, 5.41) is 6.87. The smallest absolute Gasteiger partial charge is 0.323 e. The Morgan fingerprint density at radius 1 is 1.59 bits per heavy atom. The second-order valence-corrected chi connectivity index (χ2v) is 5.06. The summed E-state index contributed by atoms with van der Waals surface area (Å²) in [6, 6.07) is 1.46. The summed E-state index contributed by atoms with van der Waals surface area (Å²) in [4.78, 5) is 11.7. The molecule has 1 unspecified atom stereocenters. The first kappa shape index (κ1) is 13.7. The Bertz CT molecular complexity index is 379. The SMILES string of the molecule is Cc1cc(CNC(C)C(=O)OC(C)(C)C)no1. The predicted octanol–water partition coefficient (Wildman–Crippen LogP) is 1.80. The topological polar surface area (TPSA) is 64.4 Å². The van der Waals surface area contributed by atoms with E-state index >= 15 is 0 Å². The van der Waals surface area contributed by atoms with Crippen LogP contribution in [0.4, 0.5) is 0 Å². The Morgan fingerprint density at radius 2 is 2.24 bits per heavy atom. The number of ether oxygens (including phenoxy) is 1. The van der Waals surface area contributed by atoms with Gasteiger partial charge in [-0.05, 0) is 34.6 Å². The molecule has 5 heteroatoms. The summed E-state index contributed by atoms with van der Waals surface area (Å²) in [6.45, 7) is 9.61. The molecule has 0 aliphatic rings. The van der Waals surface area contributed by atoms with E-state index in [-0.39, 0.29) is 12.0 Å². The molecule has 0 spiro atoms. The van der Waals surface area contributed by atoms with Gasteiger partial charge in [0.1, 0.15) is 17.4 Å². The third-order valence-corrected chi connectivity index (χ3v) is 2.03. The van der Waals surface area contributed by atoms with Gasteiger partial charge >= 0.3 is 5.97 Å². The van der Waals surface area contributed by atoms with E-state index < -0.39 is 5.60 Å². The number of aromatic nitrogens is 1. The Labute approximate surface area is 102 Å². The molecule has 0 aliphatic heterocycles. The highest BCUT2D eigenvalue weighted by molar-refractivity contribution is 5.75. The van der Waals surface area contributed by atoms with E-state index in [0.717, 1.165) is 11.5 Å². The number of nitrogens with zero attached hydrogens (tertiary/aromatic N) is 1. The molecule has 1 aromatic rings. The fourth-order valence-electron chi connectivity index (χ4n) is 1.23. The molecular weight excluding hydrogens is 220 g/mol. The fourth-order valence-corrected chi connectivity index (χ4v) is 1.23. The molecule has 96 valence electrons. The summed E-state index contributed by atoms with van der Waals surface area (Å²) in [6.07, 6.45) is 0.